The maximum atomic E-state index is 13.4. The highest BCUT2D eigenvalue weighted by Gasteiger charge is 2.24. The first-order chi connectivity index (χ1) is 31.3. The summed E-state index contributed by atoms with van der Waals surface area (Å²) in [4.78, 5) is 49.0. The van der Waals surface area contributed by atoms with Gasteiger partial charge in [0.1, 0.15) is 28.7 Å². The average molecular weight is 863 g/mol. The fourth-order valence-corrected chi connectivity index (χ4v) is 6.69. The van der Waals surface area contributed by atoms with Gasteiger partial charge in [-0.05, 0) is 129 Å². The number of hydrogen-bond acceptors (Lipinski definition) is 12. The summed E-state index contributed by atoms with van der Waals surface area (Å²) in [7, 11) is 0. The fraction of sp³-hybridized carbons (Fsp3) is 0.231. The Bertz CT molecular complexity index is 2430. The minimum absolute atomic E-state index is 0.179. The van der Waals surface area contributed by atoms with Crippen molar-refractivity contribution in [3.05, 3.63) is 168 Å². The Hall–Kier alpha value is -7.60. The highest BCUT2D eigenvalue weighted by atomic mass is 16.5. The number of rotatable bonds is 24. The smallest absolute Gasteiger partial charge is 0.343 e. The van der Waals surface area contributed by atoms with Crippen LogP contribution in [0.3, 0.4) is 0 Å². The topological polar surface area (TPSA) is 148 Å². The Morgan fingerprint density at radius 1 is 0.484 bits per heavy atom. The molecule has 0 spiro atoms. The molecule has 5 aromatic carbocycles. The molecule has 0 unspecified atom stereocenters. The Morgan fingerprint density at radius 3 is 1.41 bits per heavy atom. The molecule has 0 aromatic heterocycles. The van der Waals surface area contributed by atoms with E-state index in [4.69, 9.17) is 28.4 Å². The molecule has 6 rings (SSSR count). The Morgan fingerprint density at radius 2 is 0.922 bits per heavy atom. The molecule has 12 nitrogen and oxygen atoms in total. The molecule has 0 amide bonds. The number of fused-ring (bicyclic) bond motifs is 3. The zero-order valence-corrected chi connectivity index (χ0v) is 35.6. The van der Waals surface area contributed by atoms with Crippen LogP contribution in [0.1, 0.15) is 88.8 Å². The van der Waals surface area contributed by atoms with E-state index >= 15 is 0 Å². The molecule has 0 fully saturated rings. The average Bonchev–Trinajstić information content (AvgIpc) is 3.64. The van der Waals surface area contributed by atoms with Gasteiger partial charge in [-0.1, -0.05) is 61.7 Å². The van der Waals surface area contributed by atoms with Crippen LogP contribution in [0, 0.1) is 0 Å². The molecule has 1 aliphatic rings. The monoisotopic (exact) mass is 862 g/mol. The first kappa shape index (κ1) is 45.9. The predicted octanol–water partition coefficient (Wildman–Crippen LogP) is 10.3. The van der Waals surface area contributed by atoms with Crippen LogP contribution in [0.25, 0.3) is 11.1 Å². The summed E-state index contributed by atoms with van der Waals surface area (Å²) in [6, 6.07) is 33.9. The van der Waals surface area contributed by atoms with Crippen molar-refractivity contribution >= 4 is 35.8 Å². The molecule has 0 atom stereocenters. The van der Waals surface area contributed by atoms with Gasteiger partial charge in [0, 0.05) is 28.8 Å². The first-order valence-electron chi connectivity index (χ1n) is 21.3. The Kier molecular flexibility index (Phi) is 17.3. The van der Waals surface area contributed by atoms with Gasteiger partial charge in [-0.25, -0.2) is 19.2 Å². The zero-order valence-electron chi connectivity index (χ0n) is 35.6. The standard InChI is InChI=1S/C52H50N2O10/c1-3-48(55)61-33-15-7-5-13-31-59-40-25-21-37(22-26-40)51(57)63-42-29-30-47(39(35-42)36-53-54-50-45-19-11-9-17-43(45)44-18-10-12-20-46(44)50)64-52(58)38-23-27-41(28-24-38)60-32-14-6-8-16-34-62-49(56)4-2/h3-4,9-12,17-30,35-36H,1-2,5-8,13-16,31-34H2/b53-36+. The van der Waals surface area contributed by atoms with Crippen LogP contribution >= 0.6 is 0 Å². The Balaban J connectivity index is 1.09. The molecule has 0 bridgehead atoms. The van der Waals surface area contributed by atoms with Crippen LogP contribution in [0.5, 0.6) is 23.0 Å². The lowest BCUT2D eigenvalue weighted by molar-refractivity contribution is -0.138. The van der Waals surface area contributed by atoms with Crippen molar-refractivity contribution in [1.82, 2.24) is 0 Å². The lowest BCUT2D eigenvalue weighted by Crippen LogP contribution is -2.11. The van der Waals surface area contributed by atoms with Crippen molar-refractivity contribution < 1.29 is 47.6 Å². The number of carbonyl (C=O) groups excluding carboxylic acids is 4. The van der Waals surface area contributed by atoms with Crippen molar-refractivity contribution in [2.24, 2.45) is 10.2 Å². The van der Waals surface area contributed by atoms with E-state index in [-0.39, 0.29) is 11.5 Å². The van der Waals surface area contributed by atoms with Gasteiger partial charge in [0.25, 0.3) is 0 Å². The van der Waals surface area contributed by atoms with Crippen molar-refractivity contribution in [3.8, 4) is 34.1 Å². The SMILES string of the molecule is C=CC(=O)OCCCCCCOc1ccc(C(=O)Oc2ccc(OC(=O)c3ccc(OCCCCCCOC(=O)C=C)cc3)c(/C=N/N=C3c4ccccc4-c4ccccc43)c2)cc1. The number of hydrogen-bond donors (Lipinski definition) is 0. The van der Waals surface area contributed by atoms with Gasteiger partial charge < -0.3 is 28.4 Å². The van der Waals surface area contributed by atoms with Crippen molar-refractivity contribution in [3.63, 3.8) is 0 Å². The molecule has 12 heteroatoms. The van der Waals surface area contributed by atoms with Crippen LogP contribution in [-0.2, 0) is 19.1 Å². The summed E-state index contributed by atoms with van der Waals surface area (Å²) in [5, 5.41) is 9.06. The molecule has 0 saturated carbocycles. The second-order valence-electron chi connectivity index (χ2n) is 14.6. The van der Waals surface area contributed by atoms with Gasteiger partial charge in [0.15, 0.2) is 0 Å². The molecule has 1 aliphatic carbocycles. The normalized spacial score (nSPS) is 11.2. The molecule has 328 valence electrons. The highest BCUT2D eigenvalue weighted by Crippen LogP contribution is 2.36. The van der Waals surface area contributed by atoms with Gasteiger partial charge in [-0.15, -0.1) is 5.10 Å². The number of ether oxygens (including phenoxy) is 6. The third kappa shape index (κ3) is 13.4. The van der Waals surface area contributed by atoms with Crippen molar-refractivity contribution in [2.75, 3.05) is 26.4 Å². The summed E-state index contributed by atoms with van der Waals surface area (Å²) < 4.78 is 33.3. The van der Waals surface area contributed by atoms with Crippen molar-refractivity contribution in [2.45, 2.75) is 51.4 Å². The van der Waals surface area contributed by atoms with E-state index in [2.05, 4.69) is 23.4 Å². The minimum Gasteiger partial charge on any atom is -0.494 e. The lowest BCUT2D eigenvalue weighted by atomic mass is 10.1. The van der Waals surface area contributed by atoms with Crippen LogP contribution in [-0.4, -0.2) is 62.2 Å². The van der Waals surface area contributed by atoms with E-state index in [1.54, 1.807) is 66.7 Å². The first-order valence-corrected chi connectivity index (χ1v) is 21.3. The van der Waals surface area contributed by atoms with Crippen LogP contribution < -0.4 is 18.9 Å². The highest BCUT2D eigenvalue weighted by molar-refractivity contribution is 6.24. The van der Waals surface area contributed by atoms with E-state index in [0.717, 1.165) is 85.8 Å². The van der Waals surface area contributed by atoms with E-state index in [1.165, 1.54) is 6.21 Å². The molecule has 0 heterocycles. The van der Waals surface area contributed by atoms with E-state index in [1.807, 2.05) is 48.5 Å². The quantitative estimate of drug-likeness (QED) is 0.0144. The third-order valence-electron chi connectivity index (χ3n) is 10.0. The maximum Gasteiger partial charge on any atom is 0.343 e. The lowest BCUT2D eigenvalue weighted by Gasteiger charge is -2.11. The molecular formula is C52H50N2O10. The summed E-state index contributed by atoms with van der Waals surface area (Å²) in [5.41, 5.74) is 5.68. The number of carbonyl (C=O) groups is 4. The molecule has 0 saturated heterocycles. The Labute approximate surface area is 372 Å². The van der Waals surface area contributed by atoms with Gasteiger partial charge in [0.05, 0.1) is 43.8 Å². The summed E-state index contributed by atoms with van der Waals surface area (Å²) >= 11 is 0. The molecule has 0 aliphatic heterocycles. The predicted molar refractivity (Wildman–Crippen MR) is 245 cm³/mol. The van der Waals surface area contributed by atoms with Crippen LogP contribution in [0.4, 0.5) is 0 Å². The maximum absolute atomic E-state index is 13.4. The van der Waals surface area contributed by atoms with Gasteiger partial charge in [0.2, 0.25) is 0 Å². The van der Waals surface area contributed by atoms with E-state index in [0.29, 0.717) is 60.3 Å². The molecule has 0 N–H and O–H groups in total. The molecule has 64 heavy (non-hydrogen) atoms. The summed E-state index contributed by atoms with van der Waals surface area (Å²) in [6.45, 7) is 8.50. The van der Waals surface area contributed by atoms with E-state index in [9.17, 15) is 19.2 Å². The summed E-state index contributed by atoms with van der Waals surface area (Å²) in [6.07, 6.45) is 10.6. The number of benzene rings is 5. The number of nitrogens with zero attached hydrogens (tertiary/aromatic N) is 2. The second kappa shape index (κ2) is 24.1. The zero-order chi connectivity index (χ0) is 44.9. The molecule has 0 radical (unpaired) electrons. The number of unbranched alkanes of at least 4 members (excludes halogenated alkanes) is 6. The van der Waals surface area contributed by atoms with Gasteiger partial charge >= 0.3 is 23.9 Å². The summed E-state index contributed by atoms with van der Waals surface area (Å²) in [5.74, 6) is -0.427. The van der Waals surface area contributed by atoms with Crippen molar-refractivity contribution in [1.29, 1.82) is 0 Å². The van der Waals surface area contributed by atoms with Gasteiger partial charge in [-0.2, -0.15) is 5.10 Å². The van der Waals surface area contributed by atoms with Crippen LogP contribution in [0.2, 0.25) is 0 Å². The molecular weight excluding hydrogens is 813 g/mol. The van der Waals surface area contributed by atoms with Crippen LogP contribution in [0.15, 0.2) is 151 Å². The largest absolute Gasteiger partial charge is 0.494 e. The minimum atomic E-state index is -0.609. The number of esters is 4. The van der Waals surface area contributed by atoms with E-state index < -0.39 is 23.9 Å². The second-order valence-corrected chi connectivity index (χ2v) is 14.6. The third-order valence-corrected chi connectivity index (χ3v) is 10.0. The fourth-order valence-electron chi connectivity index (χ4n) is 6.69. The molecule has 5 aromatic rings. The van der Waals surface area contributed by atoms with Gasteiger partial charge in [-0.3, -0.25) is 0 Å².